The van der Waals surface area contributed by atoms with Crippen molar-refractivity contribution < 1.29 is 5.21 Å². The van der Waals surface area contributed by atoms with E-state index >= 15 is 0 Å². The summed E-state index contributed by atoms with van der Waals surface area (Å²) in [6.45, 7) is 2.11. The van der Waals surface area contributed by atoms with Gasteiger partial charge in [0.1, 0.15) is 0 Å². The molecule has 0 radical (unpaired) electrons. The van der Waals surface area contributed by atoms with Crippen molar-refractivity contribution in [2.45, 2.75) is 26.2 Å². The van der Waals surface area contributed by atoms with Gasteiger partial charge in [0.25, 0.3) is 0 Å². The van der Waals surface area contributed by atoms with Crippen molar-refractivity contribution in [2.75, 3.05) is 0 Å². The molecule has 0 aromatic rings. The first-order valence-corrected chi connectivity index (χ1v) is 3.60. The molecule has 1 rings (SSSR count). The highest BCUT2D eigenvalue weighted by atomic mass is 16.4. The molecule has 2 nitrogen and oxygen atoms in total. The minimum atomic E-state index is 0.101. The molecule has 56 valence electrons. The summed E-state index contributed by atoms with van der Waals surface area (Å²) in [7, 11) is 0. The lowest BCUT2D eigenvalue weighted by Gasteiger charge is -2.24. The summed E-state index contributed by atoms with van der Waals surface area (Å²) in [5.41, 5.74) is 0.101. The van der Waals surface area contributed by atoms with Gasteiger partial charge < -0.3 is 5.21 Å². The molecule has 0 heterocycles. The van der Waals surface area contributed by atoms with E-state index in [9.17, 15) is 0 Å². The number of hydrogen-bond acceptors (Lipinski definition) is 2. The van der Waals surface area contributed by atoms with Gasteiger partial charge in [0.15, 0.2) is 0 Å². The highest BCUT2D eigenvalue weighted by Gasteiger charge is 2.21. The Bertz CT molecular complexity index is 163. The van der Waals surface area contributed by atoms with Gasteiger partial charge >= 0.3 is 0 Å². The van der Waals surface area contributed by atoms with E-state index in [1.165, 1.54) is 0 Å². The second-order valence-corrected chi connectivity index (χ2v) is 3.11. The lowest BCUT2D eigenvalue weighted by molar-refractivity contribution is 0.308. The topological polar surface area (TPSA) is 32.6 Å². The fraction of sp³-hybridized carbons (Fsp3) is 0.625. The molecule has 1 aliphatic carbocycles. The van der Waals surface area contributed by atoms with Crippen LogP contribution in [0.15, 0.2) is 17.3 Å². The van der Waals surface area contributed by atoms with Gasteiger partial charge in [0.2, 0.25) is 0 Å². The van der Waals surface area contributed by atoms with Gasteiger partial charge in [-0.15, -0.1) is 5.16 Å². The zero-order chi connectivity index (χ0) is 7.45. The molecular weight excluding hydrogens is 126 g/mol. The number of oxime groups is 1. The zero-order valence-corrected chi connectivity index (χ0v) is 6.25. The van der Waals surface area contributed by atoms with Crippen molar-refractivity contribution in [1.29, 1.82) is 0 Å². The summed E-state index contributed by atoms with van der Waals surface area (Å²) in [6.07, 6.45) is 9.14. The number of allylic oxidation sites excluding steroid dienone is 2. The number of hydrogen-bond donors (Lipinski definition) is 1. The predicted molar refractivity (Wildman–Crippen MR) is 41.4 cm³/mol. The maximum absolute atomic E-state index is 8.33. The lowest BCUT2D eigenvalue weighted by atomic mass is 9.80. The van der Waals surface area contributed by atoms with Gasteiger partial charge in [-0.25, -0.2) is 0 Å². The number of rotatable bonds is 1. The van der Waals surface area contributed by atoms with Crippen molar-refractivity contribution >= 4 is 6.21 Å². The predicted octanol–water partition coefficient (Wildman–Crippen LogP) is 2.19. The molecule has 0 aromatic carbocycles. The van der Waals surface area contributed by atoms with E-state index in [-0.39, 0.29) is 5.41 Å². The van der Waals surface area contributed by atoms with E-state index in [1.807, 2.05) is 0 Å². The Morgan fingerprint density at radius 2 is 2.40 bits per heavy atom. The minimum absolute atomic E-state index is 0.101. The van der Waals surface area contributed by atoms with Crippen LogP contribution in [-0.4, -0.2) is 11.4 Å². The molecule has 0 spiro atoms. The maximum atomic E-state index is 8.33. The Labute approximate surface area is 61.2 Å². The van der Waals surface area contributed by atoms with Crippen LogP contribution in [0.5, 0.6) is 0 Å². The van der Waals surface area contributed by atoms with Crippen molar-refractivity contribution in [3.05, 3.63) is 12.2 Å². The van der Waals surface area contributed by atoms with Crippen molar-refractivity contribution in [2.24, 2.45) is 10.6 Å². The van der Waals surface area contributed by atoms with Crippen LogP contribution < -0.4 is 0 Å². The summed E-state index contributed by atoms with van der Waals surface area (Å²) in [4.78, 5) is 0. The number of nitrogens with zero attached hydrogens (tertiary/aromatic N) is 1. The third-order valence-corrected chi connectivity index (χ3v) is 2.00. The summed E-state index contributed by atoms with van der Waals surface area (Å²) in [5, 5.41) is 11.4. The molecule has 1 unspecified atom stereocenters. The quantitative estimate of drug-likeness (QED) is 0.257. The Morgan fingerprint density at radius 1 is 1.60 bits per heavy atom. The highest BCUT2D eigenvalue weighted by molar-refractivity contribution is 5.65. The fourth-order valence-corrected chi connectivity index (χ4v) is 1.24. The molecule has 0 fully saturated rings. The molecule has 1 N–H and O–H groups in total. The average molecular weight is 139 g/mol. The second kappa shape index (κ2) is 2.86. The molecule has 0 saturated heterocycles. The smallest absolute Gasteiger partial charge is 0.0498 e. The Kier molecular flexibility index (Phi) is 2.10. The van der Waals surface area contributed by atoms with E-state index in [0.29, 0.717) is 0 Å². The highest BCUT2D eigenvalue weighted by Crippen LogP contribution is 2.29. The second-order valence-electron chi connectivity index (χ2n) is 3.11. The van der Waals surface area contributed by atoms with Crippen LogP contribution in [0.3, 0.4) is 0 Å². The normalized spacial score (nSPS) is 33.3. The standard InChI is InChI=1S/C8H13NO/c1-8(7-9-10)5-3-2-4-6-8/h2-3,7,10H,4-6H2,1H3/b9-7+. The Balaban J connectivity index is 2.59. The summed E-state index contributed by atoms with van der Waals surface area (Å²) < 4.78 is 0. The third kappa shape index (κ3) is 1.59. The van der Waals surface area contributed by atoms with E-state index < -0.39 is 0 Å². The van der Waals surface area contributed by atoms with Crippen LogP contribution in [0.2, 0.25) is 0 Å². The molecule has 1 atom stereocenters. The summed E-state index contributed by atoms with van der Waals surface area (Å²) in [5.74, 6) is 0. The van der Waals surface area contributed by atoms with E-state index in [1.54, 1.807) is 6.21 Å². The first-order valence-electron chi connectivity index (χ1n) is 3.60. The Morgan fingerprint density at radius 3 is 2.90 bits per heavy atom. The average Bonchev–Trinajstić information content (AvgIpc) is 1.89. The van der Waals surface area contributed by atoms with Crippen molar-refractivity contribution in [3.63, 3.8) is 0 Å². The maximum Gasteiger partial charge on any atom is 0.0498 e. The molecule has 0 bridgehead atoms. The zero-order valence-electron chi connectivity index (χ0n) is 6.25. The molecule has 1 aliphatic rings. The molecule has 10 heavy (non-hydrogen) atoms. The fourth-order valence-electron chi connectivity index (χ4n) is 1.24. The van der Waals surface area contributed by atoms with Crippen LogP contribution in [0, 0.1) is 5.41 Å². The molecular formula is C8H13NO. The minimum Gasteiger partial charge on any atom is -0.411 e. The molecule has 0 aromatic heterocycles. The van der Waals surface area contributed by atoms with Crippen molar-refractivity contribution in [3.8, 4) is 0 Å². The largest absolute Gasteiger partial charge is 0.411 e. The van der Waals surface area contributed by atoms with E-state index in [0.717, 1.165) is 19.3 Å². The van der Waals surface area contributed by atoms with Crippen molar-refractivity contribution in [1.82, 2.24) is 0 Å². The van der Waals surface area contributed by atoms with Gasteiger partial charge in [-0.1, -0.05) is 19.1 Å². The van der Waals surface area contributed by atoms with Gasteiger partial charge in [0, 0.05) is 11.6 Å². The van der Waals surface area contributed by atoms with E-state index in [2.05, 4.69) is 24.2 Å². The van der Waals surface area contributed by atoms with Crippen LogP contribution in [-0.2, 0) is 0 Å². The van der Waals surface area contributed by atoms with Crippen LogP contribution in [0.1, 0.15) is 26.2 Å². The SMILES string of the molecule is CC1(/C=N/O)CC=CCC1. The van der Waals surface area contributed by atoms with Crippen LogP contribution in [0.4, 0.5) is 0 Å². The molecule has 0 saturated carbocycles. The molecule has 2 heteroatoms. The van der Waals surface area contributed by atoms with Crippen LogP contribution >= 0.6 is 0 Å². The Hall–Kier alpha value is -0.790. The van der Waals surface area contributed by atoms with Gasteiger partial charge in [-0.3, -0.25) is 0 Å². The monoisotopic (exact) mass is 139 g/mol. The van der Waals surface area contributed by atoms with Gasteiger partial charge in [-0.2, -0.15) is 0 Å². The lowest BCUT2D eigenvalue weighted by Crippen LogP contribution is -2.18. The third-order valence-electron chi connectivity index (χ3n) is 2.00. The van der Waals surface area contributed by atoms with Crippen LogP contribution in [0.25, 0.3) is 0 Å². The first kappa shape index (κ1) is 7.32. The van der Waals surface area contributed by atoms with Gasteiger partial charge in [0.05, 0.1) is 0 Å². The summed E-state index contributed by atoms with van der Waals surface area (Å²) in [6, 6.07) is 0. The summed E-state index contributed by atoms with van der Waals surface area (Å²) >= 11 is 0. The van der Waals surface area contributed by atoms with E-state index in [4.69, 9.17) is 5.21 Å². The molecule has 0 aliphatic heterocycles. The van der Waals surface area contributed by atoms with Gasteiger partial charge in [-0.05, 0) is 19.3 Å². The molecule has 0 amide bonds. The first-order chi connectivity index (χ1) is 4.77.